The van der Waals surface area contributed by atoms with Crippen molar-refractivity contribution in [2.75, 3.05) is 0 Å². The van der Waals surface area contributed by atoms with E-state index in [2.05, 4.69) is 98.2 Å². The Bertz CT molecular complexity index is 1220. The van der Waals surface area contributed by atoms with Crippen molar-refractivity contribution in [3.63, 3.8) is 0 Å². The molecule has 6 rings (SSSR count). The third kappa shape index (κ3) is 5.47. The number of hydrogen-bond donors (Lipinski definition) is 0. The molecule has 2 aromatic heterocycles. The van der Waals surface area contributed by atoms with Gasteiger partial charge in [0.05, 0.1) is 8.07 Å². The monoisotopic (exact) mass is 584 g/mol. The zero-order valence-electron chi connectivity index (χ0n) is 28.4. The molecule has 4 saturated carbocycles. The van der Waals surface area contributed by atoms with Crippen LogP contribution in [0.1, 0.15) is 141 Å². The fraction of sp³-hybridized carbons (Fsp3) is 0.744. The lowest BCUT2D eigenvalue weighted by Gasteiger charge is -2.47. The van der Waals surface area contributed by atoms with Gasteiger partial charge in [0.25, 0.3) is 0 Å². The molecule has 9 unspecified atom stereocenters. The van der Waals surface area contributed by atoms with E-state index in [1.54, 1.807) is 0 Å². The van der Waals surface area contributed by atoms with Crippen molar-refractivity contribution in [3.8, 4) is 0 Å². The van der Waals surface area contributed by atoms with Gasteiger partial charge in [-0.2, -0.15) is 0 Å². The van der Waals surface area contributed by atoms with E-state index < -0.39 is 8.07 Å². The summed E-state index contributed by atoms with van der Waals surface area (Å²) >= 11 is 0. The molecule has 4 aliphatic carbocycles. The number of aromatic nitrogens is 2. The highest BCUT2D eigenvalue weighted by Crippen LogP contribution is 2.65. The predicted octanol–water partition coefficient (Wildman–Crippen LogP) is 11.1. The largest absolute Gasteiger partial charge is 0.261 e. The van der Waals surface area contributed by atoms with Gasteiger partial charge in [0, 0.05) is 35.6 Å². The van der Waals surface area contributed by atoms with E-state index in [1.807, 2.05) is 0 Å². The summed E-state index contributed by atoms with van der Waals surface area (Å²) in [7, 11) is -1.49. The first-order valence-electron chi connectivity index (χ1n) is 17.7. The second kappa shape index (κ2) is 11.1. The SMILES string of the molecule is CC1CC2C(c3ccc(C(C)(C)C)cn3)CCCC2C1[Si](C)(C)C1CCC2C(c3ccc(C(C)(C)C)cn3)CCCC21. The lowest BCUT2D eigenvalue weighted by Crippen LogP contribution is -2.45. The number of fused-ring (bicyclic) bond motifs is 2. The quantitative estimate of drug-likeness (QED) is 0.334. The molecule has 9 atom stereocenters. The van der Waals surface area contributed by atoms with Gasteiger partial charge in [-0.1, -0.05) is 106 Å². The molecule has 0 amide bonds. The number of pyridine rings is 2. The molecule has 2 nitrogen and oxygen atoms in total. The molecule has 2 heterocycles. The van der Waals surface area contributed by atoms with Crippen LogP contribution in [0.25, 0.3) is 0 Å². The first-order chi connectivity index (χ1) is 19.8. The maximum Gasteiger partial charge on any atom is 0.0544 e. The molecule has 0 aliphatic heterocycles. The van der Waals surface area contributed by atoms with Gasteiger partial charge in [-0.25, -0.2) is 0 Å². The average Bonchev–Trinajstić information content (AvgIpc) is 3.53. The van der Waals surface area contributed by atoms with E-state index in [9.17, 15) is 0 Å². The molecular formula is C39H60N2Si. The zero-order chi connectivity index (χ0) is 30.0. The Morgan fingerprint density at radius 1 is 0.619 bits per heavy atom. The van der Waals surface area contributed by atoms with Crippen LogP contribution in [-0.2, 0) is 10.8 Å². The first kappa shape index (κ1) is 30.5. The van der Waals surface area contributed by atoms with Crippen molar-refractivity contribution < 1.29 is 0 Å². The van der Waals surface area contributed by atoms with Crippen LogP contribution in [0.2, 0.25) is 24.2 Å². The van der Waals surface area contributed by atoms with Crippen molar-refractivity contribution >= 4 is 8.07 Å². The topological polar surface area (TPSA) is 25.8 Å². The van der Waals surface area contributed by atoms with Crippen LogP contribution in [-0.4, -0.2) is 18.0 Å². The molecule has 0 aromatic carbocycles. The van der Waals surface area contributed by atoms with Crippen LogP contribution < -0.4 is 0 Å². The molecule has 2 aromatic rings. The first-order valence-corrected chi connectivity index (χ1v) is 20.8. The minimum atomic E-state index is -1.49. The lowest BCUT2D eigenvalue weighted by atomic mass is 9.72. The number of hydrogen-bond acceptors (Lipinski definition) is 2. The molecule has 0 saturated heterocycles. The summed E-state index contributed by atoms with van der Waals surface area (Å²) in [5, 5.41) is 0. The van der Waals surface area contributed by atoms with Crippen LogP contribution in [0, 0.1) is 29.6 Å². The normalized spacial score (nSPS) is 35.6. The Morgan fingerprint density at radius 3 is 1.64 bits per heavy atom. The summed E-state index contributed by atoms with van der Waals surface area (Å²) < 4.78 is 0. The summed E-state index contributed by atoms with van der Waals surface area (Å²) in [5.74, 6) is 5.80. The van der Waals surface area contributed by atoms with Gasteiger partial charge in [0.2, 0.25) is 0 Å². The van der Waals surface area contributed by atoms with Crippen LogP contribution in [0.3, 0.4) is 0 Å². The van der Waals surface area contributed by atoms with Crippen molar-refractivity contribution in [3.05, 3.63) is 59.2 Å². The summed E-state index contributed by atoms with van der Waals surface area (Å²) in [6, 6.07) is 9.56. The Labute approximate surface area is 259 Å². The molecule has 0 bridgehead atoms. The van der Waals surface area contributed by atoms with E-state index in [0.29, 0.717) is 11.8 Å². The van der Waals surface area contributed by atoms with Gasteiger partial charge < -0.3 is 0 Å². The highest BCUT2D eigenvalue weighted by Gasteiger charge is 2.58. The Balaban J connectivity index is 1.21. The average molecular weight is 585 g/mol. The van der Waals surface area contributed by atoms with Gasteiger partial charge in [-0.15, -0.1) is 0 Å². The van der Waals surface area contributed by atoms with E-state index in [4.69, 9.17) is 9.97 Å². The minimum absolute atomic E-state index is 0.173. The summed E-state index contributed by atoms with van der Waals surface area (Å²) in [5.41, 5.74) is 7.85. The lowest BCUT2D eigenvalue weighted by molar-refractivity contribution is 0.223. The molecule has 0 N–H and O–H groups in total. The highest BCUT2D eigenvalue weighted by atomic mass is 28.3. The van der Waals surface area contributed by atoms with E-state index in [-0.39, 0.29) is 10.8 Å². The second-order valence-corrected chi connectivity index (χ2v) is 23.0. The van der Waals surface area contributed by atoms with E-state index in [0.717, 1.165) is 40.7 Å². The number of rotatable bonds is 4. The third-order valence-corrected chi connectivity index (χ3v) is 18.5. The fourth-order valence-corrected chi connectivity index (χ4v) is 17.3. The molecule has 230 valence electrons. The fourth-order valence-electron chi connectivity index (χ4n) is 11.2. The summed E-state index contributed by atoms with van der Waals surface area (Å²) in [6.45, 7) is 22.2. The van der Waals surface area contributed by atoms with Gasteiger partial charge >= 0.3 is 0 Å². The van der Waals surface area contributed by atoms with Crippen molar-refractivity contribution in [2.45, 2.75) is 153 Å². The van der Waals surface area contributed by atoms with E-state index in [1.165, 1.54) is 80.3 Å². The molecule has 0 spiro atoms. The van der Waals surface area contributed by atoms with Crippen LogP contribution in [0.15, 0.2) is 36.7 Å². The van der Waals surface area contributed by atoms with Gasteiger partial charge in [-0.05, 0) is 100 Å². The van der Waals surface area contributed by atoms with Gasteiger partial charge in [0.15, 0.2) is 0 Å². The Kier molecular flexibility index (Phi) is 8.11. The summed E-state index contributed by atoms with van der Waals surface area (Å²) in [6.07, 6.45) is 17.2. The van der Waals surface area contributed by atoms with Crippen LogP contribution in [0.4, 0.5) is 0 Å². The molecule has 4 aliphatic rings. The van der Waals surface area contributed by atoms with Crippen LogP contribution in [0.5, 0.6) is 0 Å². The molecule has 3 heteroatoms. The van der Waals surface area contributed by atoms with Crippen molar-refractivity contribution in [2.24, 2.45) is 29.6 Å². The van der Waals surface area contributed by atoms with Gasteiger partial charge in [-0.3, -0.25) is 9.97 Å². The molecule has 42 heavy (non-hydrogen) atoms. The Morgan fingerprint density at radius 2 is 1.14 bits per heavy atom. The van der Waals surface area contributed by atoms with Crippen molar-refractivity contribution in [1.29, 1.82) is 0 Å². The zero-order valence-corrected chi connectivity index (χ0v) is 29.4. The minimum Gasteiger partial charge on any atom is -0.261 e. The smallest absolute Gasteiger partial charge is 0.0544 e. The number of nitrogens with zero attached hydrogens (tertiary/aromatic N) is 2. The van der Waals surface area contributed by atoms with Gasteiger partial charge in [0.1, 0.15) is 0 Å². The Hall–Kier alpha value is -1.48. The maximum atomic E-state index is 5.13. The second-order valence-electron chi connectivity index (χ2n) is 17.9. The van der Waals surface area contributed by atoms with Crippen molar-refractivity contribution in [1.82, 2.24) is 9.97 Å². The predicted molar refractivity (Wildman–Crippen MR) is 181 cm³/mol. The maximum absolute atomic E-state index is 5.13. The summed E-state index contributed by atoms with van der Waals surface area (Å²) in [4.78, 5) is 10.3. The highest BCUT2D eigenvalue weighted by molar-refractivity contribution is 6.80. The van der Waals surface area contributed by atoms with Crippen LogP contribution >= 0.6 is 0 Å². The molecule has 0 radical (unpaired) electrons. The molecule has 4 fully saturated rings. The standard InChI is InChI=1S/C39H60N2Si/c1-25-22-33-30(35-20-17-27(24-41-35)39(5,6)7)13-11-15-32(33)37(25)42(8,9)36-21-18-28-29(12-10-14-31(28)36)34-19-16-26(23-40-34)38(2,3)4/h16-17,19-20,23-25,28-33,36-37H,10-15,18,21-22H2,1-9H3. The molecular weight excluding hydrogens is 525 g/mol. The van der Waals surface area contributed by atoms with E-state index >= 15 is 0 Å². The third-order valence-electron chi connectivity index (χ3n) is 13.2.